The summed E-state index contributed by atoms with van der Waals surface area (Å²) in [6.45, 7) is 6.35. The van der Waals surface area contributed by atoms with Crippen molar-refractivity contribution >= 4 is 15.9 Å². The number of hydrogen-bond acceptors (Lipinski definition) is 4. The van der Waals surface area contributed by atoms with Gasteiger partial charge in [-0.3, -0.25) is 4.79 Å². The number of hydrogen-bond donors (Lipinski definition) is 1. The zero-order valence-corrected chi connectivity index (χ0v) is 16.1. The van der Waals surface area contributed by atoms with E-state index in [1.807, 2.05) is 32.9 Å². The number of aryl methyl sites for hydroxylation is 3. The molecule has 0 spiro atoms. The number of piperidine rings is 1. The van der Waals surface area contributed by atoms with Crippen LogP contribution in [0.25, 0.3) is 0 Å². The summed E-state index contributed by atoms with van der Waals surface area (Å²) in [7, 11) is -3.51. The third-order valence-electron chi connectivity index (χ3n) is 4.81. The molecule has 26 heavy (non-hydrogen) atoms. The number of carbonyl (C=O) groups is 1. The summed E-state index contributed by atoms with van der Waals surface area (Å²) >= 11 is 0. The largest absolute Gasteiger partial charge is 0.459 e. The molecule has 1 aliphatic rings. The van der Waals surface area contributed by atoms with Crippen molar-refractivity contribution in [2.24, 2.45) is 0 Å². The average Bonchev–Trinajstić information content (AvgIpc) is 3.01. The van der Waals surface area contributed by atoms with Gasteiger partial charge in [-0.1, -0.05) is 17.7 Å². The van der Waals surface area contributed by atoms with Crippen molar-refractivity contribution in [3.63, 3.8) is 0 Å². The van der Waals surface area contributed by atoms with E-state index in [0.717, 1.165) is 16.7 Å². The molecule has 1 aromatic carbocycles. The Morgan fingerprint density at radius 1 is 1.12 bits per heavy atom. The number of nitrogens with one attached hydrogen (secondary N) is 1. The molecule has 2 heterocycles. The molecule has 0 radical (unpaired) electrons. The molecule has 0 atom stereocenters. The van der Waals surface area contributed by atoms with E-state index < -0.39 is 10.0 Å². The van der Waals surface area contributed by atoms with Crippen LogP contribution in [0.2, 0.25) is 0 Å². The highest BCUT2D eigenvalue weighted by Crippen LogP contribution is 2.24. The Morgan fingerprint density at radius 3 is 2.38 bits per heavy atom. The van der Waals surface area contributed by atoms with Crippen molar-refractivity contribution in [1.82, 2.24) is 9.62 Å². The molecule has 0 aliphatic carbocycles. The number of benzene rings is 1. The molecule has 0 unspecified atom stereocenters. The van der Waals surface area contributed by atoms with Gasteiger partial charge >= 0.3 is 0 Å². The number of sulfonamides is 1. The minimum absolute atomic E-state index is 0.0578. The van der Waals surface area contributed by atoms with Crippen LogP contribution in [0.3, 0.4) is 0 Å². The van der Waals surface area contributed by atoms with Gasteiger partial charge in [0.05, 0.1) is 11.2 Å². The molecule has 7 heteroatoms. The van der Waals surface area contributed by atoms with Crippen LogP contribution in [-0.2, 0) is 10.0 Å². The molecule has 1 fully saturated rings. The molecule has 0 saturated carbocycles. The first kappa shape index (κ1) is 18.7. The maximum Gasteiger partial charge on any atom is 0.287 e. The van der Waals surface area contributed by atoms with Gasteiger partial charge in [0.2, 0.25) is 10.0 Å². The van der Waals surface area contributed by atoms with E-state index in [0.29, 0.717) is 36.6 Å². The van der Waals surface area contributed by atoms with Crippen LogP contribution >= 0.6 is 0 Å². The highest BCUT2D eigenvalue weighted by atomic mass is 32.2. The summed E-state index contributed by atoms with van der Waals surface area (Å²) in [6.07, 6.45) is 2.65. The van der Waals surface area contributed by atoms with Crippen LogP contribution in [0.5, 0.6) is 0 Å². The highest BCUT2D eigenvalue weighted by Gasteiger charge is 2.31. The maximum absolute atomic E-state index is 12.9. The summed E-state index contributed by atoms with van der Waals surface area (Å²) in [6, 6.07) is 7.06. The molecule has 6 nitrogen and oxygen atoms in total. The van der Waals surface area contributed by atoms with E-state index in [2.05, 4.69) is 5.32 Å². The molecule has 2 aromatic rings. The Morgan fingerprint density at radius 2 is 1.81 bits per heavy atom. The lowest BCUT2D eigenvalue weighted by Crippen LogP contribution is -2.46. The fraction of sp³-hybridized carbons (Fsp3) is 0.421. The summed E-state index contributed by atoms with van der Waals surface area (Å²) in [5.74, 6) is 0.0681. The van der Waals surface area contributed by atoms with Gasteiger partial charge in [-0.15, -0.1) is 0 Å². The van der Waals surface area contributed by atoms with Crippen LogP contribution in [-0.4, -0.2) is 37.8 Å². The predicted octanol–water partition coefficient (Wildman–Crippen LogP) is 2.79. The van der Waals surface area contributed by atoms with Crippen LogP contribution in [0, 0.1) is 20.8 Å². The van der Waals surface area contributed by atoms with E-state index in [1.54, 1.807) is 12.1 Å². The molecule has 0 bridgehead atoms. The lowest BCUT2D eigenvalue weighted by atomic mass is 10.1. The second-order valence-corrected chi connectivity index (χ2v) is 8.76. The normalized spacial score (nSPS) is 16.6. The molecular formula is C19H24N2O4S. The topological polar surface area (TPSA) is 79.6 Å². The van der Waals surface area contributed by atoms with Gasteiger partial charge in [0, 0.05) is 24.7 Å². The summed E-state index contributed by atoms with van der Waals surface area (Å²) in [4.78, 5) is 12.6. The third-order valence-corrected chi connectivity index (χ3v) is 6.86. The fourth-order valence-electron chi connectivity index (χ4n) is 3.32. The van der Waals surface area contributed by atoms with E-state index >= 15 is 0 Å². The maximum atomic E-state index is 12.9. The van der Waals surface area contributed by atoms with Crippen molar-refractivity contribution < 1.29 is 17.6 Å². The third kappa shape index (κ3) is 3.68. The number of furan rings is 1. The van der Waals surface area contributed by atoms with Crippen LogP contribution < -0.4 is 5.32 Å². The van der Waals surface area contributed by atoms with Gasteiger partial charge in [-0.2, -0.15) is 4.31 Å². The van der Waals surface area contributed by atoms with Crippen molar-refractivity contribution in [2.75, 3.05) is 13.1 Å². The van der Waals surface area contributed by atoms with Crippen LogP contribution in [0.15, 0.2) is 39.8 Å². The Hall–Kier alpha value is -2.12. The quantitative estimate of drug-likeness (QED) is 0.890. The second-order valence-electron chi connectivity index (χ2n) is 6.85. The van der Waals surface area contributed by atoms with Crippen molar-refractivity contribution in [1.29, 1.82) is 0 Å². The van der Waals surface area contributed by atoms with Gasteiger partial charge in [-0.25, -0.2) is 8.42 Å². The SMILES string of the molecule is Cc1ccc(S(=O)(=O)N2CCC(NC(=O)c3occc3C)CC2)c(C)c1. The monoisotopic (exact) mass is 376 g/mol. The number of nitrogens with zero attached hydrogens (tertiary/aromatic N) is 1. The molecule has 1 aromatic heterocycles. The Bertz CT molecular complexity index is 909. The summed E-state index contributed by atoms with van der Waals surface area (Å²) in [5.41, 5.74) is 2.59. The lowest BCUT2D eigenvalue weighted by molar-refractivity contribution is 0.0895. The van der Waals surface area contributed by atoms with Gasteiger partial charge in [0.25, 0.3) is 5.91 Å². The van der Waals surface area contributed by atoms with Crippen LogP contribution in [0.4, 0.5) is 0 Å². The van der Waals surface area contributed by atoms with Gasteiger partial charge in [0.15, 0.2) is 5.76 Å². The summed E-state index contributed by atoms with van der Waals surface area (Å²) < 4.78 is 32.5. The minimum atomic E-state index is -3.51. The molecular weight excluding hydrogens is 352 g/mol. The van der Waals surface area contributed by atoms with E-state index in [9.17, 15) is 13.2 Å². The first-order chi connectivity index (χ1) is 12.3. The Kier molecular flexibility index (Phi) is 5.20. The smallest absolute Gasteiger partial charge is 0.287 e. The Balaban J connectivity index is 1.64. The van der Waals surface area contributed by atoms with Crippen molar-refractivity contribution in [2.45, 2.75) is 44.6 Å². The zero-order valence-electron chi connectivity index (χ0n) is 15.3. The molecule has 1 amide bonds. The average molecular weight is 376 g/mol. The lowest BCUT2D eigenvalue weighted by Gasteiger charge is -2.31. The van der Waals surface area contributed by atoms with Gasteiger partial charge in [-0.05, 0) is 51.3 Å². The summed E-state index contributed by atoms with van der Waals surface area (Å²) in [5, 5.41) is 2.94. The first-order valence-electron chi connectivity index (χ1n) is 8.71. The highest BCUT2D eigenvalue weighted by molar-refractivity contribution is 7.89. The van der Waals surface area contributed by atoms with E-state index in [-0.39, 0.29) is 11.9 Å². The predicted molar refractivity (Wildman–Crippen MR) is 98.6 cm³/mol. The van der Waals surface area contributed by atoms with Gasteiger partial charge < -0.3 is 9.73 Å². The molecule has 3 rings (SSSR count). The first-order valence-corrected chi connectivity index (χ1v) is 10.2. The number of rotatable bonds is 4. The van der Waals surface area contributed by atoms with Crippen molar-refractivity contribution in [3.05, 3.63) is 53.0 Å². The second kappa shape index (κ2) is 7.25. The zero-order chi connectivity index (χ0) is 18.9. The van der Waals surface area contributed by atoms with E-state index in [4.69, 9.17) is 4.42 Å². The number of carbonyl (C=O) groups excluding carboxylic acids is 1. The number of amides is 1. The fourth-order valence-corrected chi connectivity index (χ4v) is 5.00. The molecule has 1 N–H and O–H groups in total. The van der Waals surface area contributed by atoms with Gasteiger partial charge in [0.1, 0.15) is 0 Å². The molecule has 1 aliphatic heterocycles. The standard InChI is InChI=1S/C19H24N2O4S/c1-13-4-5-17(15(3)12-13)26(23,24)21-9-6-16(7-10-21)20-19(22)18-14(2)8-11-25-18/h4-5,8,11-12,16H,6-7,9-10H2,1-3H3,(H,20,22). The van der Waals surface area contributed by atoms with Crippen molar-refractivity contribution in [3.8, 4) is 0 Å². The minimum Gasteiger partial charge on any atom is -0.459 e. The Labute approximate surface area is 154 Å². The molecule has 1 saturated heterocycles. The van der Waals surface area contributed by atoms with Crippen LogP contribution in [0.1, 0.15) is 40.1 Å². The van der Waals surface area contributed by atoms with E-state index in [1.165, 1.54) is 10.6 Å². The molecule has 140 valence electrons.